The number of hydrogen-bond acceptors (Lipinski definition) is 1. The largest absolute Gasteiger partial charge is 0.338 e. The van der Waals surface area contributed by atoms with Crippen molar-refractivity contribution in [3.63, 3.8) is 0 Å². The molecule has 1 N–H and O–H groups in total. The highest BCUT2D eigenvalue weighted by molar-refractivity contribution is 5.74. The monoisotopic (exact) mass is 258 g/mol. The van der Waals surface area contributed by atoms with E-state index in [4.69, 9.17) is 0 Å². The van der Waals surface area contributed by atoms with Crippen molar-refractivity contribution in [1.82, 2.24) is 10.2 Å². The van der Waals surface area contributed by atoms with E-state index in [1.165, 1.54) is 36.8 Å². The van der Waals surface area contributed by atoms with Crippen LogP contribution in [-0.4, -0.2) is 24.0 Å². The molecule has 0 unspecified atom stereocenters. The topological polar surface area (TPSA) is 32.3 Å². The summed E-state index contributed by atoms with van der Waals surface area (Å²) in [5, 5.41) is 3.11. The van der Waals surface area contributed by atoms with Gasteiger partial charge in [-0.05, 0) is 36.3 Å². The van der Waals surface area contributed by atoms with Crippen LogP contribution in [0.5, 0.6) is 0 Å². The molecule has 1 fully saturated rings. The van der Waals surface area contributed by atoms with Crippen LogP contribution in [0.4, 0.5) is 4.79 Å². The first-order valence-electron chi connectivity index (χ1n) is 7.42. The van der Waals surface area contributed by atoms with E-state index in [2.05, 4.69) is 29.6 Å². The van der Waals surface area contributed by atoms with Crippen molar-refractivity contribution in [1.29, 1.82) is 0 Å². The molecule has 2 aliphatic rings. The lowest BCUT2D eigenvalue weighted by molar-refractivity contribution is 0.190. The summed E-state index contributed by atoms with van der Waals surface area (Å²) in [7, 11) is 0. The zero-order valence-electron chi connectivity index (χ0n) is 11.4. The van der Waals surface area contributed by atoms with Gasteiger partial charge in [-0.3, -0.25) is 0 Å². The maximum Gasteiger partial charge on any atom is 0.317 e. The first-order valence-corrected chi connectivity index (χ1v) is 7.42. The average Bonchev–Trinajstić information content (AvgIpc) is 2.97. The summed E-state index contributed by atoms with van der Waals surface area (Å²) in [5.41, 5.74) is 2.69. The number of amides is 2. The van der Waals surface area contributed by atoms with Crippen LogP contribution in [0.15, 0.2) is 24.3 Å². The van der Waals surface area contributed by atoms with E-state index in [-0.39, 0.29) is 6.03 Å². The summed E-state index contributed by atoms with van der Waals surface area (Å²) in [6, 6.07) is 8.55. The van der Waals surface area contributed by atoms with Crippen LogP contribution in [-0.2, 0) is 13.0 Å². The Morgan fingerprint density at radius 1 is 1.21 bits per heavy atom. The Kier molecular flexibility index (Phi) is 3.72. The van der Waals surface area contributed by atoms with E-state index < -0.39 is 0 Å². The molecule has 0 saturated heterocycles. The second kappa shape index (κ2) is 5.64. The van der Waals surface area contributed by atoms with Gasteiger partial charge >= 0.3 is 6.03 Å². The highest BCUT2D eigenvalue weighted by Gasteiger charge is 2.21. The van der Waals surface area contributed by atoms with Crippen molar-refractivity contribution >= 4 is 6.03 Å². The SMILES string of the molecule is O=C(NCC1CCCC1)N1CCc2ccccc2C1. The number of nitrogens with one attached hydrogen (secondary N) is 1. The smallest absolute Gasteiger partial charge is 0.317 e. The van der Waals surface area contributed by atoms with Gasteiger partial charge in [0.1, 0.15) is 0 Å². The third-order valence-electron chi connectivity index (χ3n) is 4.43. The normalized spacial score (nSPS) is 19.3. The van der Waals surface area contributed by atoms with E-state index in [9.17, 15) is 4.79 Å². The molecule has 0 atom stereocenters. The van der Waals surface area contributed by atoms with E-state index >= 15 is 0 Å². The van der Waals surface area contributed by atoms with Gasteiger partial charge in [0.2, 0.25) is 0 Å². The Hall–Kier alpha value is -1.51. The molecule has 0 radical (unpaired) electrons. The predicted molar refractivity (Wildman–Crippen MR) is 75.9 cm³/mol. The number of urea groups is 1. The van der Waals surface area contributed by atoms with Crippen LogP contribution >= 0.6 is 0 Å². The summed E-state index contributed by atoms with van der Waals surface area (Å²) < 4.78 is 0. The first kappa shape index (κ1) is 12.5. The van der Waals surface area contributed by atoms with Crippen molar-refractivity contribution in [2.24, 2.45) is 5.92 Å². The van der Waals surface area contributed by atoms with Crippen molar-refractivity contribution in [3.8, 4) is 0 Å². The van der Waals surface area contributed by atoms with Crippen molar-refractivity contribution in [3.05, 3.63) is 35.4 Å². The van der Waals surface area contributed by atoms with E-state index in [0.29, 0.717) is 5.92 Å². The van der Waals surface area contributed by atoms with Crippen molar-refractivity contribution in [2.75, 3.05) is 13.1 Å². The number of carbonyl (C=O) groups excluding carboxylic acids is 1. The fourth-order valence-electron chi connectivity index (χ4n) is 3.23. The van der Waals surface area contributed by atoms with Crippen LogP contribution in [0.1, 0.15) is 36.8 Å². The quantitative estimate of drug-likeness (QED) is 0.869. The second-order valence-corrected chi connectivity index (χ2v) is 5.78. The Balaban J connectivity index is 1.54. The molecule has 1 saturated carbocycles. The van der Waals surface area contributed by atoms with E-state index in [1.54, 1.807) is 0 Å². The molecule has 102 valence electrons. The van der Waals surface area contributed by atoms with Crippen LogP contribution in [0, 0.1) is 5.92 Å². The lowest BCUT2D eigenvalue weighted by Crippen LogP contribution is -2.44. The highest BCUT2D eigenvalue weighted by Crippen LogP contribution is 2.24. The summed E-state index contributed by atoms with van der Waals surface area (Å²) in [6.45, 7) is 2.46. The fraction of sp³-hybridized carbons (Fsp3) is 0.562. The molecule has 1 aliphatic carbocycles. The molecule has 0 bridgehead atoms. The van der Waals surface area contributed by atoms with Gasteiger partial charge in [-0.2, -0.15) is 0 Å². The Labute approximate surface area is 115 Å². The van der Waals surface area contributed by atoms with Crippen LogP contribution in [0.3, 0.4) is 0 Å². The molecule has 0 spiro atoms. The lowest BCUT2D eigenvalue weighted by Gasteiger charge is -2.29. The maximum atomic E-state index is 12.2. The van der Waals surface area contributed by atoms with Crippen LogP contribution in [0.2, 0.25) is 0 Å². The maximum absolute atomic E-state index is 12.2. The summed E-state index contributed by atoms with van der Waals surface area (Å²) >= 11 is 0. The molecule has 1 aromatic rings. The third-order valence-corrected chi connectivity index (χ3v) is 4.43. The minimum atomic E-state index is 0.112. The number of benzene rings is 1. The zero-order valence-corrected chi connectivity index (χ0v) is 11.4. The van der Waals surface area contributed by atoms with Gasteiger partial charge in [-0.1, -0.05) is 37.1 Å². The fourth-order valence-corrected chi connectivity index (χ4v) is 3.23. The molecule has 3 nitrogen and oxygen atoms in total. The van der Waals surface area contributed by atoms with Gasteiger partial charge in [-0.25, -0.2) is 4.79 Å². The van der Waals surface area contributed by atoms with Gasteiger partial charge in [0.25, 0.3) is 0 Å². The number of carbonyl (C=O) groups is 1. The number of nitrogens with zero attached hydrogens (tertiary/aromatic N) is 1. The molecule has 2 amide bonds. The highest BCUT2D eigenvalue weighted by atomic mass is 16.2. The van der Waals surface area contributed by atoms with Gasteiger partial charge in [-0.15, -0.1) is 0 Å². The molecular weight excluding hydrogens is 236 g/mol. The molecular formula is C16H22N2O. The summed E-state index contributed by atoms with van der Waals surface area (Å²) in [4.78, 5) is 14.1. The van der Waals surface area contributed by atoms with Gasteiger partial charge in [0, 0.05) is 19.6 Å². The number of fused-ring (bicyclic) bond motifs is 1. The molecule has 19 heavy (non-hydrogen) atoms. The minimum absolute atomic E-state index is 0.112. The first-order chi connectivity index (χ1) is 9.33. The summed E-state index contributed by atoms with van der Waals surface area (Å²) in [5.74, 6) is 0.709. The van der Waals surface area contributed by atoms with Crippen LogP contribution in [0.25, 0.3) is 0 Å². The Bertz CT molecular complexity index is 452. The molecule has 3 rings (SSSR count). The summed E-state index contributed by atoms with van der Waals surface area (Å²) in [6.07, 6.45) is 6.20. The van der Waals surface area contributed by atoms with Crippen molar-refractivity contribution < 1.29 is 4.79 Å². The minimum Gasteiger partial charge on any atom is -0.338 e. The molecule has 3 heteroatoms. The molecule has 1 heterocycles. The second-order valence-electron chi connectivity index (χ2n) is 5.78. The standard InChI is InChI=1S/C16H22N2O/c19-16(17-11-13-5-1-2-6-13)18-10-9-14-7-3-4-8-15(14)12-18/h3-4,7-8,13H,1-2,5-6,9-12H2,(H,17,19). The number of rotatable bonds is 2. The van der Waals surface area contributed by atoms with Gasteiger partial charge in [0.05, 0.1) is 0 Å². The number of hydrogen-bond donors (Lipinski definition) is 1. The third kappa shape index (κ3) is 2.91. The molecule has 1 aliphatic heterocycles. The van der Waals surface area contributed by atoms with Crippen LogP contribution < -0.4 is 5.32 Å². The van der Waals surface area contributed by atoms with E-state index in [1.807, 2.05) is 4.90 Å². The predicted octanol–water partition coefficient (Wildman–Crippen LogP) is 2.94. The lowest BCUT2D eigenvalue weighted by atomic mass is 10.0. The average molecular weight is 258 g/mol. The zero-order chi connectivity index (χ0) is 13.1. The van der Waals surface area contributed by atoms with Crippen molar-refractivity contribution in [2.45, 2.75) is 38.6 Å². The van der Waals surface area contributed by atoms with E-state index in [0.717, 1.165) is 26.1 Å². The van der Waals surface area contributed by atoms with Gasteiger partial charge < -0.3 is 10.2 Å². The molecule has 1 aromatic carbocycles. The molecule has 0 aromatic heterocycles. The van der Waals surface area contributed by atoms with Gasteiger partial charge in [0.15, 0.2) is 0 Å². The Morgan fingerprint density at radius 3 is 2.74 bits per heavy atom. The Morgan fingerprint density at radius 2 is 1.95 bits per heavy atom.